The molecule has 1 amide bonds. The minimum atomic E-state index is -0.279. The molecule has 18 heavy (non-hydrogen) atoms. The Bertz CT molecular complexity index is 406. The van der Waals surface area contributed by atoms with Gasteiger partial charge in [-0.25, -0.2) is 0 Å². The van der Waals surface area contributed by atoms with Crippen LogP contribution in [0.2, 0.25) is 0 Å². The number of hydrogen-bond donors (Lipinski definition) is 2. The first-order valence-corrected chi connectivity index (χ1v) is 5.74. The third-order valence-corrected chi connectivity index (χ3v) is 2.36. The van der Waals surface area contributed by atoms with Crippen LogP contribution in [0.4, 0.5) is 0 Å². The summed E-state index contributed by atoms with van der Waals surface area (Å²) in [5.41, 5.74) is 1.05. The highest BCUT2D eigenvalue weighted by atomic mass is 16.5. The molecule has 0 aliphatic rings. The van der Waals surface area contributed by atoms with E-state index in [1.54, 1.807) is 20.1 Å². The molecule has 0 fully saturated rings. The monoisotopic (exact) mass is 253 g/mol. The molecule has 0 unspecified atom stereocenters. The van der Waals surface area contributed by atoms with Crippen molar-refractivity contribution in [1.29, 1.82) is 0 Å². The van der Waals surface area contributed by atoms with Crippen LogP contribution in [0.15, 0.2) is 18.2 Å². The van der Waals surface area contributed by atoms with E-state index in [2.05, 4.69) is 5.32 Å². The molecule has 1 aromatic rings. The number of rotatable bonds is 6. The van der Waals surface area contributed by atoms with Gasteiger partial charge in [-0.3, -0.25) is 4.79 Å². The maximum Gasteiger partial charge on any atom is 0.258 e. The molecule has 0 heterocycles. The summed E-state index contributed by atoms with van der Waals surface area (Å²) >= 11 is 0. The molecule has 5 nitrogen and oxygen atoms in total. The number of methoxy groups -OCH3 is 1. The summed E-state index contributed by atoms with van der Waals surface area (Å²) in [6, 6.07) is 5.20. The van der Waals surface area contributed by atoms with Gasteiger partial charge in [-0.05, 0) is 31.5 Å². The quantitative estimate of drug-likeness (QED) is 0.789. The second-order valence-electron chi connectivity index (χ2n) is 4.09. The Balaban J connectivity index is 2.55. The van der Waals surface area contributed by atoms with Gasteiger partial charge in [0.05, 0.1) is 13.7 Å². The summed E-state index contributed by atoms with van der Waals surface area (Å²) in [5.74, 6) is 0.840. The van der Waals surface area contributed by atoms with Crippen molar-refractivity contribution in [1.82, 2.24) is 5.32 Å². The van der Waals surface area contributed by atoms with Crippen molar-refractivity contribution in [2.45, 2.75) is 19.9 Å². The third-order valence-electron chi connectivity index (χ3n) is 2.36. The minimum Gasteiger partial charge on any atom is -0.493 e. The molecule has 0 bridgehead atoms. The number of ether oxygens (including phenoxy) is 2. The van der Waals surface area contributed by atoms with Crippen LogP contribution in [0.1, 0.15) is 12.5 Å². The number of hydrogen-bond acceptors (Lipinski definition) is 4. The molecule has 0 saturated carbocycles. The van der Waals surface area contributed by atoms with E-state index >= 15 is 0 Å². The molecule has 1 rings (SSSR count). The number of aryl methyl sites for hydroxylation is 1. The van der Waals surface area contributed by atoms with Crippen LogP contribution >= 0.6 is 0 Å². The highest BCUT2D eigenvalue weighted by Crippen LogP contribution is 2.27. The zero-order chi connectivity index (χ0) is 13.5. The van der Waals surface area contributed by atoms with Crippen molar-refractivity contribution in [2.24, 2.45) is 0 Å². The van der Waals surface area contributed by atoms with Gasteiger partial charge in [0.1, 0.15) is 0 Å². The fraction of sp³-hybridized carbons (Fsp3) is 0.462. The summed E-state index contributed by atoms with van der Waals surface area (Å²) < 4.78 is 10.5. The largest absolute Gasteiger partial charge is 0.493 e. The van der Waals surface area contributed by atoms with E-state index in [9.17, 15) is 4.79 Å². The lowest BCUT2D eigenvalue weighted by Gasteiger charge is -2.13. The number of carbonyl (C=O) groups excluding carboxylic acids is 1. The van der Waals surface area contributed by atoms with Gasteiger partial charge >= 0.3 is 0 Å². The highest BCUT2D eigenvalue weighted by molar-refractivity contribution is 5.77. The van der Waals surface area contributed by atoms with Gasteiger partial charge in [0, 0.05) is 6.04 Å². The van der Waals surface area contributed by atoms with Crippen molar-refractivity contribution in [3.05, 3.63) is 23.8 Å². The standard InChI is InChI=1S/C13H19NO4/c1-9-4-5-11(12(6-9)17-3)18-8-13(16)14-10(2)7-15/h4-6,10,15H,7-8H2,1-3H3,(H,14,16)/t10-/m1/s1. The van der Waals surface area contributed by atoms with E-state index in [0.29, 0.717) is 11.5 Å². The van der Waals surface area contributed by atoms with Gasteiger partial charge in [-0.15, -0.1) is 0 Å². The SMILES string of the molecule is COc1cc(C)ccc1OCC(=O)N[C@H](C)CO. The van der Waals surface area contributed by atoms with E-state index in [0.717, 1.165) is 5.56 Å². The van der Waals surface area contributed by atoms with E-state index in [4.69, 9.17) is 14.6 Å². The fourth-order valence-electron chi connectivity index (χ4n) is 1.40. The summed E-state index contributed by atoms with van der Waals surface area (Å²) in [7, 11) is 1.55. The van der Waals surface area contributed by atoms with Gasteiger partial charge < -0.3 is 19.9 Å². The molecular formula is C13H19NO4. The van der Waals surface area contributed by atoms with Crippen LogP contribution in [-0.2, 0) is 4.79 Å². The highest BCUT2D eigenvalue weighted by Gasteiger charge is 2.09. The predicted octanol–water partition coefficient (Wildman–Crippen LogP) is 0.879. The number of amides is 1. The van der Waals surface area contributed by atoms with Crippen molar-refractivity contribution in [3.63, 3.8) is 0 Å². The van der Waals surface area contributed by atoms with Crippen molar-refractivity contribution in [3.8, 4) is 11.5 Å². The summed E-state index contributed by atoms with van der Waals surface area (Å²) in [5, 5.41) is 11.4. The molecule has 0 aliphatic carbocycles. The molecule has 5 heteroatoms. The van der Waals surface area contributed by atoms with E-state index in [1.165, 1.54) is 0 Å². The molecule has 100 valence electrons. The van der Waals surface area contributed by atoms with Crippen LogP contribution in [0.3, 0.4) is 0 Å². The maximum absolute atomic E-state index is 11.5. The first kappa shape index (κ1) is 14.3. The third kappa shape index (κ3) is 4.25. The summed E-state index contributed by atoms with van der Waals surface area (Å²) in [4.78, 5) is 11.5. The molecule has 0 aliphatic heterocycles. The van der Waals surface area contributed by atoms with Gasteiger partial charge in [-0.1, -0.05) is 6.07 Å². The topological polar surface area (TPSA) is 67.8 Å². The van der Waals surface area contributed by atoms with Crippen molar-refractivity contribution in [2.75, 3.05) is 20.3 Å². The lowest BCUT2D eigenvalue weighted by atomic mass is 10.2. The van der Waals surface area contributed by atoms with Crippen LogP contribution < -0.4 is 14.8 Å². The lowest BCUT2D eigenvalue weighted by Crippen LogP contribution is -2.38. The number of carbonyl (C=O) groups is 1. The minimum absolute atomic E-state index is 0.0976. The van der Waals surface area contributed by atoms with E-state index < -0.39 is 0 Å². The Morgan fingerprint density at radius 2 is 2.17 bits per heavy atom. The number of aliphatic hydroxyl groups excluding tert-OH is 1. The Labute approximate surface area is 107 Å². The Kier molecular flexibility index (Phi) is 5.45. The molecule has 2 N–H and O–H groups in total. The first-order valence-electron chi connectivity index (χ1n) is 5.74. The fourth-order valence-corrected chi connectivity index (χ4v) is 1.40. The number of benzene rings is 1. The molecule has 0 aromatic heterocycles. The zero-order valence-electron chi connectivity index (χ0n) is 10.9. The molecule has 0 radical (unpaired) electrons. The van der Waals surface area contributed by atoms with Gasteiger partial charge in [0.25, 0.3) is 5.91 Å². The van der Waals surface area contributed by atoms with Crippen LogP contribution in [0, 0.1) is 6.92 Å². The number of aliphatic hydroxyl groups is 1. The first-order chi connectivity index (χ1) is 8.56. The number of nitrogens with one attached hydrogen (secondary N) is 1. The Hall–Kier alpha value is -1.75. The molecule has 0 saturated heterocycles. The Morgan fingerprint density at radius 3 is 2.78 bits per heavy atom. The van der Waals surface area contributed by atoms with E-state index in [-0.39, 0.29) is 25.2 Å². The van der Waals surface area contributed by atoms with Crippen molar-refractivity contribution < 1.29 is 19.4 Å². The van der Waals surface area contributed by atoms with Gasteiger partial charge in [0.15, 0.2) is 18.1 Å². The lowest BCUT2D eigenvalue weighted by molar-refractivity contribution is -0.124. The molecule has 1 aromatic carbocycles. The smallest absolute Gasteiger partial charge is 0.258 e. The second-order valence-corrected chi connectivity index (χ2v) is 4.09. The summed E-state index contributed by atoms with van der Waals surface area (Å²) in [6.07, 6.45) is 0. The normalized spacial score (nSPS) is 11.8. The molecule has 0 spiro atoms. The molecular weight excluding hydrogens is 234 g/mol. The van der Waals surface area contributed by atoms with Crippen LogP contribution in [-0.4, -0.2) is 37.4 Å². The van der Waals surface area contributed by atoms with E-state index in [1.807, 2.05) is 19.1 Å². The average molecular weight is 253 g/mol. The van der Waals surface area contributed by atoms with Crippen LogP contribution in [0.5, 0.6) is 11.5 Å². The zero-order valence-corrected chi connectivity index (χ0v) is 10.9. The van der Waals surface area contributed by atoms with Gasteiger partial charge in [0.2, 0.25) is 0 Å². The molecule has 1 atom stereocenters. The maximum atomic E-state index is 11.5. The Morgan fingerprint density at radius 1 is 1.44 bits per heavy atom. The van der Waals surface area contributed by atoms with Crippen molar-refractivity contribution >= 4 is 5.91 Å². The van der Waals surface area contributed by atoms with Gasteiger partial charge in [-0.2, -0.15) is 0 Å². The summed E-state index contributed by atoms with van der Waals surface area (Å²) in [6.45, 7) is 3.45. The van der Waals surface area contributed by atoms with Crippen LogP contribution in [0.25, 0.3) is 0 Å². The average Bonchev–Trinajstić information content (AvgIpc) is 2.36. The predicted molar refractivity (Wildman–Crippen MR) is 67.9 cm³/mol. The second kappa shape index (κ2) is 6.86.